The molecule has 6 heteroatoms. The number of amides is 1. The maximum atomic E-state index is 11.9. The van der Waals surface area contributed by atoms with Crippen molar-refractivity contribution < 1.29 is 14.3 Å². The van der Waals surface area contributed by atoms with E-state index in [0.29, 0.717) is 13.2 Å². The quantitative estimate of drug-likeness (QED) is 0.911. The predicted molar refractivity (Wildman–Crippen MR) is 87.3 cm³/mol. The summed E-state index contributed by atoms with van der Waals surface area (Å²) in [6.07, 6.45) is 3.76. The zero-order valence-corrected chi connectivity index (χ0v) is 13.8. The number of hydrogen-bond acceptors (Lipinski definition) is 5. The summed E-state index contributed by atoms with van der Waals surface area (Å²) < 4.78 is 11.1. The molecule has 2 aliphatic rings. The van der Waals surface area contributed by atoms with Crippen LogP contribution in [0.1, 0.15) is 32.3 Å². The van der Waals surface area contributed by atoms with Crippen molar-refractivity contribution in [2.24, 2.45) is 0 Å². The number of rotatable bonds is 4. The summed E-state index contributed by atoms with van der Waals surface area (Å²) in [6, 6.07) is 4.03. The number of carbonyl (C=O) groups excluding carboxylic acids is 1. The Bertz CT molecular complexity index is 518. The summed E-state index contributed by atoms with van der Waals surface area (Å²) in [5, 5.41) is 2.92. The van der Waals surface area contributed by atoms with Crippen LogP contribution in [0.25, 0.3) is 0 Å². The molecule has 0 unspecified atom stereocenters. The third kappa shape index (κ3) is 4.20. The van der Waals surface area contributed by atoms with Gasteiger partial charge in [-0.05, 0) is 38.3 Å². The molecule has 3 rings (SSSR count). The Morgan fingerprint density at radius 2 is 2.13 bits per heavy atom. The normalized spacial score (nSPS) is 27.9. The van der Waals surface area contributed by atoms with Crippen LogP contribution >= 0.6 is 0 Å². The van der Waals surface area contributed by atoms with Gasteiger partial charge >= 0.3 is 0 Å². The molecule has 0 aliphatic carbocycles. The monoisotopic (exact) mass is 319 g/mol. The van der Waals surface area contributed by atoms with E-state index in [-0.39, 0.29) is 24.2 Å². The number of morpholine rings is 1. The first-order chi connectivity index (χ1) is 11.1. The Morgan fingerprint density at radius 1 is 1.35 bits per heavy atom. The fraction of sp³-hybridized carbons (Fsp3) is 0.647. The lowest BCUT2D eigenvalue weighted by Crippen LogP contribution is -2.45. The number of ether oxygens (including phenoxy) is 2. The van der Waals surface area contributed by atoms with Gasteiger partial charge < -0.3 is 19.7 Å². The first-order valence-corrected chi connectivity index (χ1v) is 8.36. The van der Waals surface area contributed by atoms with E-state index in [1.165, 1.54) is 0 Å². The van der Waals surface area contributed by atoms with Crippen molar-refractivity contribution >= 4 is 11.7 Å². The van der Waals surface area contributed by atoms with Crippen molar-refractivity contribution in [1.29, 1.82) is 0 Å². The molecule has 0 bridgehead atoms. The van der Waals surface area contributed by atoms with E-state index in [0.717, 1.165) is 37.3 Å². The molecule has 1 amide bonds. The number of nitrogens with one attached hydrogen (secondary N) is 1. The van der Waals surface area contributed by atoms with Gasteiger partial charge in [0.25, 0.3) is 0 Å². The molecule has 6 nitrogen and oxygen atoms in total. The number of aromatic nitrogens is 1. The van der Waals surface area contributed by atoms with Gasteiger partial charge in [0.05, 0.1) is 12.2 Å². The minimum Gasteiger partial charge on any atom is -0.372 e. The summed E-state index contributed by atoms with van der Waals surface area (Å²) in [7, 11) is 0. The summed E-state index contributed by atoms with van der Waals surface area (Å²) in [6.45, 7) is 7.04. The van der Waals surface area contributed by atoms with Crippen molar-refractivity contribution in [2.75, 3.05) is 24.6 Å². The third-order valence-corrected chi connectivity index (χ3v) is 4.24. The van der Waals surface area contributed by atoms with Crippen LogP contribution in [0.4, 0.5) is 5.82 Å². The molecule has 0 radical (unpaired) electrons. The van der Waals surface area contributed by atoms with Crippen LogP contribution in [-0.4, -0.2) is 48.9 Å². The Hall–Kier alpha value is -1.66. The number of hydrogen-bond donors (Lipinski definition) is 1. The fourth-order valence-electron chi connectivity index (χ4n) is 3.16. The summed E-state index contributed by atoms with van der Waals surface area (Å²) in [5.74, 6) is 0.934. The Kier molecular flexibility index (Phi) is 5.13. The van der Waals surface area contributed by atoms with Crippen molar-refractivity contribution in [3.8, 4) is 0 Å². The van der Waals surface area contributed by atoms with Gasteiger partial charge in [0.2, 0.25) is 5.91 Å². The molecular formula is C17H25N3O3. The lowest BCUT2D eigenvalue weighted by Gasteiger charge is -2.36. The maximum absolute atomic E-state index is 11.9. The van der Waals surface area contributed by atoms with Crippen molar-refractivity contribution in [1.82, 2.24) is 10.3 Å². The van der Waals surface area contributed by atoms with Gasteiger partial charge in [-0.1, -0.05) is 6.07 Å². The molecule has 23 heavy (non-hydrogen) atoms. The molecule has 0 spiro atoms. The van der Waals surface area contributed by atoms with Crippen LogP contribution in [0, 0.1) is 0 Å². The Labute approximate surface area is 137 Å². The molecule has 1 aromatic heterocycles. The van der Waals surface area contributed by atoms with Gasteiger partial charge in [-0.25, -0.2) is 4.98 Å². The van der Waals surface area contributed by atoms with E-state index in [2.05, 4.69) is 29.0 Å². The van der Waals surface area contributed by atoms with Crippen LogP contribution in [-0.2, 0) is 20.8 Å². The average Bonchev–Trinajstić information content (AvgIpc) is 3.07. The molecule has 2 saturated heterocycles. The molecule has 2 aliphatic heterocycles. The molecule has 126 valence electrons. The van der Waals surface area contributed by atoms with Crippen LogP contribution < -0.4 is 10.2 Å². The highest BCUT2D eigenvalue weighted by Gasteiger charge is 2.24. The molecule has 0 aromatic carbocycles. The first kappa shape index (κ1) is 16.2. The number of pyridine rings is 1. The number of anilines is 1. The molecule has 0 saturated carbocycles. The van der Waals surface area contributed by atoms with Gasteiger partial charge in [0, 0.05) is 32.4 Å². The second-order valence-corrected chi connectivity index (χ2v) is 6.41. The maximum Gasteiger partial charge on any atom is 0.249 e. The van der Waals surface area contributed by atoms with Crippen LogP contribution in [0.2, 0.25) is 0 Å². The smallest absolute Gasteiger partial charge is 0.249 e. The summed E-state index contributed by atoms with van der Waals surface area (Å²) in [4.78, 5) is 18.7. The van der Waals surface area contributed by atoms with Crippen LogP contribution in [0.3, 0.4) is 0 Å². The Morgan fingerprint density at radius 3 is 2.74 bits per heavy atom. The topological polar surface area (TPSA) is 63.7 Å². The van der Waals surface area contributed by atoms with E-state index < -0.39 is 0 Å². The largest absolute Gasteiger partial charge is 0.372 e. The van der Waals surface area contributed by atoms with E-state index in [1.54, 1.807) is 0 Å². The van der Waals surface area contributed by atoms with Gasteiger partial charge in [0.15, 0.2) is 0 Å². The zero-order chi connectivity index (χ0) is 16.2. The Balaban J connectivity index is 1.53. The second-order valence-electron chi connectivity index (χ2n) is 6.41. The SMILES string of the molecule is C[C@@H]1CN(c2ccc(CNC(=O)[C@H]3CCCO3)cn2)C[C@@H](C)O1. The minimum absolute atomic E-state index is 0.0256. The first-order valence-electron chi connectivity index (χ1n) is 8.36. The number of carbonyl (C=O) groups is 1. The molecule has 1 aromatic rings. The van der Waals surface area contributed by atoms with Crippen LogP contribution in [0.5, 0.6) is 0 Å². The zero-order valence-electron chi connectivity index (χ0n) is 13.8. The molecule has 3 heterocycles. The molecule has 2 fully saturated rings. The fourth-order valence-corrected chi connectivity index (χ4v) is 3.16. The van der Waals surface area contributed by atoms with Gasteiger partial charge in [-0.15, -0.1) is 0 Å². The lowest BCUT2D eigenvalue weighted by molar-refractivity contribution is -0.130. The highest BCUT2D eigenvalue weighted by atomic mass is 16.5. The molecule has 3 atom stereocenters. The predicted octanol–water partition coefficient (Wildman–Crippen LogP) is 1.49. The van der Waals surface area contributed by atoms with E-state index in [9.17, 15) is 4.79 Å². The van der Waals surface area contributed by atoms with Crippen molar-refractivity contribution in [3.63, 3.8) is 0 Å². The molecule has 1 N–H and O–H groups in total. The summed E-state index contributed by atoms with van der Waals surface area (Å²) >= 11 is 0. The van der Waals surface area contributed by atoms with E-state index in [4.69, 9.17) is 9.47 Å². The van der Waals surface area contributed by atoms with Crippen molar-refractivity contribution in [3.05, 3.63) is 23.9 Å². The van der Waals surface area contributed by atoms with Crippen LogP contribution in [0.15, 0.2) is 18.3 Å². The van der Waals surface area contributed by atoms with Gasteiger partial charge in [-0.3, -0.25) is 4.79 Å². The lowest BCUT2D eigenvalue weighted by atomic mass is 10.2. The summed E-state index contributed by atoms with van der Waals surface area (Å²) in [5.41, 5.74) is 0.995. The van der Waals surface area contributed by atoms with E-state index in [1.807, 2.05) is 18.3 Å². The third-order valence-electron chi connectivity index (χ3n) is 4.24. The van der Waals surface area contributed by atoms with Gasteiger partial charge in [0.1, 0.15) is 11.9 Å². The number of nitrogens with zero attached hydrogens (tertiary/aromatic N) is 2. The minimum atomic E-state index is -0.279. The van der Waals surface area contributed by atoms with Crippen molar-refractivity contribution in [2.45, 2.75) is 51.5 Å². The highest BCUT2D eigenvalue weighted by Crippen LogP contribution is 2.18. The highest BCUT2D eigenvalue weighted by molar-refractivity contribution is 5.80. The second kappa shape index (κ2) is 7.27. The standard InChI is InChI=1S/C17H25N3O3/c1-12-10-20(11-13(2)23-12)16-6-5-14(8-18-16)9-19-17(21)15-4-3-7-22-15/h5-6,8,12-13,15H,3-4,7,9-11H2,1-2H3,(H,19,21)/t12-,13-,15-/m1/s1. The van der Waals surface area contributed by atoms with Gasteiger partial charge in [-0.2, -0.15) is 0 Å². The average molecular weight is 319 g/mol. The molecular weight excluding hydrogens is 294 g/mol. The van der Waals surface area contributed by atoms with E-state index >= 15 is 0 Å².